The molecule has 1 unspecified atom stereocenters. The van der Waals surface area contributed by atoms with E-state index in [0.29, 0.717) is 14.9 Å². The van der Waals surface area contributed by atoms with Crippen molar-refractivity contribution in [3.8, 4) is 0 Å². The van der Waals surface area contributed by atoms with Gasteiger partial charge in [0.25, 0.3) is 5.56 Å². The molecule has 1 atom stereocenters. The predicted octanol–water partition coefficient (Wildman–Crippen LogP) is 1.47. The van der Waals surface area contributed by atoms with Crippen LogP contribution in [0.15, 0.2) is 32.8 Å². The van der Waals surface area contributed by atoms with E-state index in [2.05, 4.69) is 4.98 Å². The molecule has 2 heterocycles. The van der Waals surface area contributed by atoms with Gasteiger partial charge in [-0.3, -0.25) is 19.1 Å². The first-order valence-electron chi connectivity index (χ1n) is 8.64. The lowest BCUT2D eigenvalue weighted by molar-refractivity contribution is -0.122. The summed E-state index contributed by atoms with van der Waals surface area (Å²) in [5.74, 6) is -0.608. The molecule has 1 fully saturated rings. The average molecular weight is 473 g/mol. The number of nitrogens with zero attached hydrogens (tertiary/aromatic N) is 4. The number of carbonyl (C=O) groups is 2. The van der Waals surface area contributed by atoms with E-state index in [-0.39, 0.29) is 36.3 Å². The van der Waals surface area contributed by atoms with Gasteiger partial charge in [-0.05, 0) is 12.1 Å². The fraction of sp³-hybridized carbons (Fsp3) is 0.294. The van der Waals surface area contributed by atoms with E-state index < -0.39 is 23.6 Å². The van der Waals surface area contributed by atoms with Crippen LogP contribution in [0.25, 0.3) is 0 Å². The Kier molecular flexibility index (Phi) is 6.34. The molecular weight excluding hydrogens is 455 g/mol. The van der Waals surface area contributed by atoms with Crippen LogP contribution in [0, 0.1) is 0 Å². The van der Waals surface area contributed by atoms with Gasteiger partial charge in [-0.1, -0.05) is 41.0 Å². The molecule has 160 valence electrons. The number of benzene rings is 1. The molecule has 5 N–H and O–H groups in total. The summed E-state index contributed by atoms with van der Waals surface area (Å²) >= 11 is 13.3. The number of anilines is 2. The van der Waals surface area contributed by atoms with Gasteiger partial charge in [0.15, 0.2) is 0 Å². The minimum atomic E-state index is -1.25. The van der Waals surface area contributed by atoms with Crippen LogP contribution in [0.5, 0.6) is 0 Å². The molecule has 3 rings (SSSR count). The van der Waals surface area contributed by atoms with Crippen LogP contribution in [0.3, 0.4) is 0 Å². The van der Waals surface area contributed by atoms with Gasteiger partial charge in [0.2, 0.25) is 11.9 Å². The summed E-state index contributed by atoms with van der Waals surface area (Å²) in [6.07, 6.45) is -1.25. The van der Waals surface area contributed by atoms with Crippen LogP contribution >= 0.6 is 35.0 Å². The smallest absolute Gasteiger partial charge is 0.408 e. The Hall–Kier alpha value is -2.63. The van der Waals surface area contributed by atoms with E-state index >= 15 is 0 Å². The third-order valence-corrected chi connectivity index (χ3v) is 6.70. The first-order valence-corrected chi connectivity index (χ1v) is 10.2. The van der Waals surface area contributed by atoms with Crippen LogP contribution in [0.4, 0.5) is 16.6 Å². The lowest BCUT2D eigenvalue weighted by Gasteiger charge is -2.39. The van der Waals surface area contributed by atoms with Gasteiger partial charge >= 0.3 is 6.09 Å². The van der Waals surface area contributed by atoms with E-state index in [1.54, 1.807) is 23.1 Å². The Morgan fingerprint density at radius 2 is 2.00 bits per heavy atom. The number of carboxylic acid groups (broad SMARTS) is 1. The summed E-state index contributed by atoms with van der Waals surface area (Å²) in [6.45, 7) is 0.184. The lowest BCUT2D eigenvalue weighted by Crippen LogP contribution is -2.60. The molecule has 0 radical (unpaired) electrons. The van der Waals surface area contributed by atoms with Crippen LogP contribution < -0.4 is 21.9 Å². The maximum atomic E-state index is 13.0. The van der Waals surface area contributed by atoms with Crippen molar-refractivity contribution >= 4 is 58.7 Å². The highest BCUT2D eigenvalue weighted by molar-refractivity contribution is 7.99. The molecule has 2 amide bonds. The normalized spacial score (nSPS) is 16.6. The Morgan fingerprint density at radius 1 is 1.30 bits per heavy atom. The van der Waals surface area contributed by atoms with Gasteiger partial charge in [0, 0.05) is 25.0 Å². The van der Waals surface area contributed by atoms with Crippen LogP contribution in [-0.2, 0) is 11.8 Å². The van der Waals surface area contributed by atoms with Gasteiger partial charge in [0.05, 0.1) is 16.6 Å². The number of halogens is 2. The van der Waals surface area contributed by atoms with Gasteiger partial charge in [-0.25, -0.2) is 4.79 Å². The number of nitrogen functional groups attached to an aromatic ring is 1. The van der Waals surface area contributed by atoms with Crippen molar-refractivity contribution in [2.75, 3.05) is 30.3 Å². The van der Waals surface area contributed by atoms with Gasteiger partial charge in [0.1, 0.15) is 16.8 Å². The van der Waals surface area contributed by atoms with E-state index in [1.807, 2.05) is 0 Å². The van der Waals surface area contributed by atoms with Crippen LogP contribution in [0.2, 0.25) is 10.0 Å². The van der Waals surface area contributed by atoms with Crippen molar-refractivity contribution < 1.29 is 14.7 Å². The zero-order chi connectivity index (χ0) is 22.2. The molecule has 13 heteroatoms. The first kappa shape index (κ1) is 22.1. The zero-order valence-electron chi connectivity index (χ0n) is 15.7. The van der Waals surface area contributed by atoms with Crippen molar-refractivity contribution in [2.45, 2.75) is 15.8 Å². The van der Waals surface area contributed by atoms with Gasteiger partial charge in [-0.2, -0.15) is 4.98 Å². The summed E-state index contributed by atoms with van der Waals surface area (Å²) in [4.78, 5) is 43.6. The Morgan fingerprint density at radius 3 is 2.63 bits per heavy atom. The average Bonchev–Trinajstić information content (AvgIpc) is 2.70. The third-order valence-electron chi connectivity index (χ3n) is 4.62. The summed E-state index contributed by atoms with van der Waals surface area (Å²) in [7, 11) is 1.51. The second kappa shape index (κ2) is 8.62. The molecule has 1 aliphatic heterocycles. The second-order valence-corrected chi connectivity index (χ2v) is 8.32. The minimum Gasteiger partial charge on any atom is -0.465 e. The fourth-order valence-electron chi connectivity index (χ4n) is 3.07. The molecule has 0 bridgehead atoms. The van der Waals surface area contributed by atoms with Crippen LogP contribution in [0.1, 0.15) is 0 Å². The summed E-state index contributed by atoms with van der Waals surface area (Å²) < 4.78 is 1.28. The molecule has 10 nitrogen and oxygen atoms in total. The number of carbonyl (C=O) groups excluding carboxylic acids is 1. The minimum absolute atomic E-state index is 0.0212. The highest BCUT2D eigenvalue weighted by atomic mass is 35.5. The zero-order valence-corrected chi connectivity index (χ0v) is 18.0. The number of rotatable bonds is 4. The molecular formula is C17H18Cl2N6O4S. The summed E-state index contributed by atoms with van der Waals surface area (Å²) in [6, 6.07) is 3.95. The number of piperazine rings is 1. The third kappa shape index (κ3) is 4.13. The summed E-state index contributed by atoms with van der Waals surface area (Å²) in [5, 5.41) is 9.90. The predicted molar refractivity (Wildman–Crippen MR) is 114 cm³/mol. The van der Waals surface area contributed by atoms with E-state index in [0.717, 1.165) is 16.7 Å². The lowest BCUT2D eigenvalue weighted by atomic mass is 10.1. The second-order valence-electron chi connectivity index (χ2n) is 6.48. The maximum absolute atomic E-state index is 13.0. The highest BCUT2D eigenvalue weighted by Gasteiger charge is 2.35. The molecule has 0 aliphatic carbocycles. The van der Waals surface area contributed by atoms with E-state index in [4.69, 9.17) is 34.7 Å². The number of aromatic nitrogens is 2. The van der Waals surface area contributed by atoms with Crippen molar-refractivity contribution in [1.82, 2.24) is 14.5 Å². The van der Waals surface area contributed by atoms with E-state index in [9.17, 15) is 19.5 Å². The van der Waals surface area contributed by atoms with Crippen LogP contribution in [-0.4, -0.2) is 57.2 Å². The fourth-order valence-corrected chi connectivity index (χ4v) is 4.49. The molecule has 0 spiro atoms. The SMILES string of the molecule is Cn1c(N2CCN(C(=O)O)C(C(N)=O)C2)nc(N)c(Sc2cccc(Cl)c2Cl)c1=O. The van der Waals surface area contributed by atoms with Gasteiger partial charge < -0.3 is 21.5 Å². The number of hydrogen-bond donors (Lipinski definition) is 3. The van der Waals surface area contributed by atoms with Crippen molar-refractivity contribution in [3.63, 3.8) is 0 Å². The highest BCUT2D eigenvalue weighted by Crippen LogP contribution is 2.37. The van der Waals surface area contributed by atoms with Gasteiger partial charge in [-0.15, -0.1) is 0 Å². The topological polar surface area (TPSA) is 148 Å². The van der Waals surface area contributed by atoms with E-state index in [1.165, 1.54) is 11.6 Å². The van der Waals surface area contributed by atoms with Crippen molar-refractivity contribution in [2.24, 2.45) is 12.8 Å². The molecule has 2 aromatic rings. The first-order chi connectivity index (χ1) is 14.1. The maximum Gasteiger partial charge on any atom is 0.408 e. The number of primary amides is 1. The molecule has 1 aliphatic rings. The van der Waals surface area contributed by atoms with Crippen molar-refractivity contribution in [1.29, 1.82) is 0 Å². The molecule has 1 aromatic carbocycles. The number of hydrogen-bond acceptors (Lipinski definition) is 7. The Balaban J connectivity index is 1.95. The number of amides is 2. The molecule has 0 saturated carbocycles. The number of nitrogens with two attached hydrogens (primary N) is 2. The Bertz CT molecular complexity index is 1080. The standard InChI is InChI=1S/C17H18Cl2N6O4S/c1-23-15(27)12(30-10-4-2-3-8(18)11(10)19)13(20)22-16(23)24-5-6-25(17(28)29)9(7-24)14(21)26/h2-4,9H,5-7,20H2,1H3,(H2,21,26)(H,28,29). The largest absolute Gasteiger partial charge is 0.465 e. The Labute approximate surface area is 185 Å². The molecule has 1 saturated heterocycles. The quantitative estimate of drug-likeness (QED) is 0.605. The molecule has 1 aromatic heterocycles. The monoisotopic (exact) mass is 472 g/mol. The van der Waals surface area contributed by atoms with Crippen molar-refractivity contribution in [3.05, 3.63) is 38.6 Å². The molecule has 30 heavy (non-hydrogen) atoms. The summed E-state index contributed by atoms with van der Waals surface area (Å²) in [5.41, 5.74) is 11.0.